The van der Waals surface area contributed by atoms with Gasteiger partial charge in [-0.1, -0.05) is 19.9 Å². The molecule has 2 heterocycles. The molecule has 2 fully saturated rings. The van der Waals surface area contributed by atoms with Crippen LogP contribution in [0.1, 0.15) is 76.5 Å². The standard InChI is InChI=1S/C24H38N4O4S/c1-5-6-16(2)27-24-26-15-21(22(28-24)17(3)18-7-9-19(29)10-8-18)23(25-4)32-20-11-13-33(30,31)14-12-20/h15-16,18-20,29H,3,5-14H2,1-2,4H3,(H,26,27,28)/b25-23+/t16?,18-,19+. The van der Waals surface area contributed by atoms with Crippen LogP contribution in [0.15, 0.2) is 17.8 Å². The third kappa shape index (κ3) is 6.99. The van der Waals surface area contributed by atoms with E-state index in [2.05, 4.69) is 35.7 Å². The minimum Gasteiger partial charge on any atom is -0.474 e. The highest BCUT2D eigenvalue weighted by molar-refractivity contribution is 7.91. The fourth-order valence-corrected chi connectivity index (χ4v) is 6.02. The molecule has 2 aliphatic rings. The Bertz CT molecular complexity index is 941. The first-order valence-corrected chi connectivity index (χ1v) is 13.9. The van der Waals surface area contributed by atoms with E-state index in [9.17, 15) is 13.5 Å². The number of nitrogens with one attached hydrogen (secondary N) is 1. The molecule has 1 aromatic rings. The monoisotopic (exact) mass is 478 g/mol. The number of hydrogen-bond acceptors (Lipinski definition) is 8. The maximum Gasteiger partial charge on any atom is 0.223 e. The third-order valence-corrected chi connectivity index (χ3v) is 8.31. The van der Waals surface area contributed by atoms with Gasteiger partial charge in [0.1, 0.15) is 6.10 Å². The number of anilines is 1. The molecule has 8 nitrogen and oxygen atoms in total. The Hall–Kier alpha value is -2.00. The minimum absolute atomic E-state index is 0.132. The van der Waals surface area contributed by atoms with Crippen molar-refractivity contribution in [3.8, 4) is 0 Å². The van der Waals surface area contributed by atoms with Gasteiger partial charge >= 0.3 is 0 Å². The molecule has 2 N–H and O–H groups in total. The Morgan fingerprint density at radius 1 is 1.27 bits per heavy atom. The first-order chi connectivity index (χ1) is 15.7. The van der Waals surface area contributed by atoms with Crippen LogP contribution in [0.2, 0.25) is 0 Å². The number of ether oxygens (including phenoxy) is 1. The molecule has 1 unspecified atom stereocenters. The molecule has 1 saturated carbocycles. The average Bonchev–Trinajstić information content (AvgIpc) is 2.79. The van der Waals surface area contributed by atoms with Gasteiger partial charge in [-0.25, -0.2) is 18.4 Å². The van der Waals surface area contributed by atoms with Crippen LogP contribution in [0.5, 0.6) is 0 Å². The van der Waals surface area contributed by atoms with Gasteiger partial charge in [0.2, 0.25) is 11.8 Å². The molecule has 33 heavy (non-hydrogen) atoms. The summed E-state index contributed by atoms with van der Waals surface area (Å²) in [4.78, 5) is 13.7. The van der Waals surface area contributed by atoms with Gasteiger partial charge in [-0.05, 0) is 63.4 Å². The zero-order valence-corrected chi connectivity index (χ0v) is 20.9. The highest BCUT2D eigenvalue weighted by Gasteiger charge is 2.29. The number of rotatable bonds is 8. The van der Waals surface area contributed by atoms with E-state index < -0.39 is 9.84 Å². The highest BCUT2D eigenvalue weighted by atomic mass is 32.2. The van der Waals surface area contributed by atoms with Crippen molar-refractivity contribution in [2.24, 2.45) is 10.9 Å². The SMILES string of the molecule is C=C(c1nc(NC(C)CCC)ncc1/C(=N\C)OC1CCS(=O)(=O)CC1)[C@H]1CC[C@@H](O)CC1. The summed E-state index contributed by atoms with van der Waals surface area (Å²) in [6.07, 6.45) is 7.48. The minimum atomic E-state index is -2.97. The zero-order valence-electron chi connectivity index (χ0n) is 20.1. The summed E-state index contributed by atoms with van der Waals surface area (Å²) in [5.74, 6) is 1.45. The Kier molecular flexibility index (Phi) is 8.87. The lowest BCUT2D eigenvalue weighted by Crippen LogP contribution is -2.31. The second-order valence-corrected chi connectivity index (χ2v) is 11.6. The number of allylic oxidation sites excluding steroid dienone is 1. The molecule has 1 aliphatic heterocycles. The van der Waals surface area contributed by atoms with E-state index >= 15 is 0 Å². The third-order valence-electron chi connectivity index (χ3n) is 6.59. The lowest BCUT2D eigenvalue weighted by molar-refractivity contribution is 0.119. The summed E-state index contributed by atoms with van der Waals surface area (Å²) in [6.45, 7) is 8.64. The summed E-state index contributed by atoms with van der Waals surface area (Å²) >= 11 is 0. The van der Waals surface area contributed by atoms with E-state index in [4.69, 9.17) is 9.72 Å². The van der Waals surface area contributed by atoms with Crippen LogP contribution < -0.4 is 5.32 Å². The molecule has 0 bridgehead atoms. The van der Waals surface area contributed by atoms with Gasteiger partial charge in [-0.2, -0.15) is 0 Å². The van der Waals surface area contributed by atoms with Crippen LogP contribution in [-0.2, 0) is 14.6 Å². The maximum absolute atomic E-state index is 11.8. The van der Waals surface area contributed by atoms with Gasteiger partial charge in [-0.15, -0.1) is 0 Å². The first kappa shape index (κ1) is 25.6. The lowest BCUT2D eigenvalue weighted by atomic mass is 9.81. The molecule has 0 spiro atoms. The molecule has 0 aromatic carbocycles. The molecule has 3 rings (SSSR count). The van der Waals surface area contributed by atoms with Gasteiger partial charge < -0.3 is 15.2 Å². The zero-order chi connectivity index (χ0) is 24.0. The van der Waals surface area contributed by atoms with E-state index in [1.165, 1.54) is 0 Å². The molecule has 184 valence electrons. The number of nitrogens with zero attached hydrogens (tertiary/aromatic N) is 3. The molecule has 9 heteroatoms. The van der Waals surface area contributed by atoms with E-state index in [0.29, 0.717) is 35.9 Å². The summed E-state index contributed by atoms with van der Waals surface area (Å²) in [5.41, 5.74) is 2.29. The van der Waals surface area contributed by atoms with Gasteiger partial charge in [0, 0.05) is 19.3 Å². The first-order valence-electron chi connectivity index (χ1n) is 12.1. The van der Waals surface area contributed by atoms with Crippen LogP contribution in [-0.4, -0.2) is 66.2 Å². The molecule has 1 saturated heterocycles. The van der Waals surface area contributed by atoms with Crippen molar-refractivity contribution in [3.63, 3.8) is 0 Å². The number of hydrogen-bond donors (Lipinski definition) is 2. The Morgan fingerprint density at radius 3 is 2.55 bits per heavy atom. The van der Waals surface area contributed by atoms with Crippen LogP contribution in [0.4, 0.5) is 5.95 Å². The topological polar surface area (TPSA) is 114 Å². The van der Waals surface area contributed by atoms with Gasteiger partial charge in [0.15, 0.2) is 9.84 Å². The number of aliphatic imine (C=N–C) groups is 1. The Balaban J connectivity index is 1.87. The molecule has 1 atom stereocenters. The molecule has 1 aliphatic carbocycles. The maximum atomic E-state index is 11.8. The van der Waals surface area contributed by atoms with Crippen LogP contribution >= 0.6 is 0 Å². The van der Waals surface area contributed by atoms with Crippen LogP contribution in [0.25, 0.3) is 5.57 Å². The summed E-state index contributed by atoms with van der Waals surface area (Å²) < 4.78 is 29.8. The predicted octanol–water partition coefficient (Wildman–Crippen LogP) is 3.61. The van der Waals surface area contributed by atoms with Gasteiger partial charge in [0.05, 0.1) is 28.9 Å². The number of aromatic nitrogens is 2. The second kappa shape index (κ2) is 11.4. The number of aliphatic hydroxyl groups excluding tert-OH is 1. The lowest BCUT2D eigenvalue weighted by Gasteiger charge is -2.28. The van der Waals surface area contributed by atoms with Crippen molar-refractivity contribution in [2.75, 3.05) is 23.9 Å². The Morgan fingerprint density at radius 2 is 1.94 bits per heavy atom. The van der Waals surface area contributed by atoms with E-state index in [0.717, 1.165) is 44.1 Å². The quantitative estimate of drug-likeness (QED) is 0.433. The molecular formula is C24H38N4O4S. The van der Waals surface area contributed by atoms with E-state index in [1.54, 1.807) is 13.2 Å². The van der Waals surface area contributed by atoms with Crippen molar-refractivity contribution in [1.29, 1.82) is 0 Å². The normalized spacial score (nSPS) is 24.8. The predicted molar refractivity (Wildman–Crippen MR) is 132 cm³/mol. The molecule has 0 radical (unpaired) electrons. The highest BCUT2D eigenvalue weighted by Crippen LogP contribution is 2.35. The smallest absolute Gasteiger partial charge is 0.223 e. The van der Waals surface area contributed by atoms with Crippen molar-refractivity contribution >= 4 is 27.3 Å². The Labute approximate surface area is 197 Å². The van der Waals surface area contributed by atoms with Crippen molar-refractivity contribution in [1.82, 2.24) is 9.97 Å². The summed E-state index contributed by atoms with van der Waals surface area (Å²) in [6, 6.07) is 0.242. The van der Waals surface area contributed by atoms with Crippen molar-refractivity contribution < 1.29 is 18.3 Å². The van der Waals surface area contributed by atoms with Crippen LogP contribution in [0, 0.1) is 5.92 Å². The van der Waals surface area contributed by atoms with Crippen molar-refractivity contribution in [2.45, 2.75) is 83.5 Å². The molecular weight excluding hydrogens is 440 g/mol. The fourth-order valence-electron chi connectivity index (χ4n) is 4.58. The summed E-state index contributed by atoms with van der Waals surface area (Å²) in [5, 5.41) is 13.3. The number of sulfone groups is 1. The van der Waals surface area contributed by atoms with Gasteiger partial charge in [0.25, 0.3) is 0 Å². The van der Waals surface area contributed by atoms with E-state index in [-0.39, 0.29) is 35.7 Å². The van der Waals surface area contributed by atoms with Gasteiger partial charge in [-0.3, -0.25) is 4.99 Å². The second-order valence-electron chi connectivity index (χ2n) is 9.32. The fraction of sp³-hybridized carbons (Fsp3) is 0.708. The number of aliphatic hydroxyl groups is 1. The molecule has 1 aromatic heterocycles. The largest absolute Gasteiger partial charge is 0.474 e. The van der Waals surface area contributed by atoms with E-state index in [1.807, 2.05) is 0 Å². The molecule has 0 amide bonds. The van der Waals surface area contributed by atoms with Crippen LogP contribution in [0.3, 0.4) is 0 Å². The van der Waals surface area contributed by atoms with Crippen molar-refractivity contribution in [3.05, 3.63) is 24.0 Å². The average molecular weight is 479 g/mol. The summed E-state index contributed by atoms with van der Waals surface area (Å²) in [7, 11) is -1.31.